The first-order valence-corrected chi connectivity index (χ1v) is 7.18. The van der Waals surface area contributed by atoms with Gasteiger partial charge in [-0.2, -0.15) is 5.10 Å². The average molecular weight is 293 g/mol. The molecule has 1 unspecified atom stereocenters. The summed E-state index contributed by atoms with van der Waals surface area (Å²) in [5.74, 6) is 5.75. The van der Waals surface area contributed by atoms with Crippen LogP contribution in [0.4, 0.5) is 0 Å². The van der Waals surface area contributed by atoms with Gasteiger partial charge in [-0.1, -0.05) is 17.7 Å². The average Bonchev–Trinajstić information content (AvgIpc) is 2.79. The summed E-state index contributed by atoms with van der Waals surface area (Å²) in [6.45, 7) is 7.02. The molecule has 0 aliphatic heterocycles. The molecule has 0 saturated carbocycles. The highest BCUT2D eigenvalue weighted by atomic mass is 35.5. The molecule has 1 atom stereocenters. The maximum atomic E-state index is 6.10. The maximum absolute atomic E-state index is 6.10. The molecule has 0 amide bonds. The van der Waals surface area contributed by atoms with Crippen molar-refractivity contribution < 1.29 is 0 Å². The molecular weight excluding hydrogens is 272 g/mol. The lowest BCUT2D eigenvalue weighted by Crippen LogP contribution is -2.30. The molecular formula is C15H21ClN4. The first kappa shape index (κ1) is 15.0. The zero-order valence-corrected chi connectivity index (χ0v) is 12.9. The van der Waals surface area contributed by atoms with Crippen LogP contribution in [0.5, 0.6) is 0 Å². The fraction of sp³-hybridized carbons (Fsp3) is 0.400. The van der Waals surface area contributed by atoms with Crippen LogP contribution < -0.4 is 11.3 Å². The standard InChI is InChI=1S/C15H21ClN4/c1-4-20-13(7-11(3)19-20)9-15(18-17)14-8-12(16)6-5-10(14)2/h5-8,15,18H,4,9,17H2,1-3H3. The minimum absolute atomic E-state index is 0.0232. The number of nitrogens with one attached hydrogen (secondary N) is 1. The van der Waals surface area contributed by atoms with E-state index in [1.54, 1.807) is 0 Å². The number of benzene rings is 1. The number of aromatic nitrogens is 2. The van der Waals surface area contributed by atoms with Crippen molar-refractivity contribution in [1.29, 1.82) is 0 Å². The molecule has 5 heteroatoms. The zero-order chi connectivity index (χ0) is 14.7. The molecule has 1 aromatic carbocycles. The number of hydrogen-bond donors (Lipinski definition) is 2. The highest BCUT2D eigenvalue weighted by Crippen LogP contribution is 2.24. The Kier molecular flexibility index (Phi) is 4.81. The summed E-state index contributed by atoms with van der Waals surface area (Å²) in [6.07, 6.45) is 0.784. The van der Waals surface area contributed by atoms with Crippen LogP contribution in [-0.2, 0) is 13.0 Å². The van der Waals surface area contributed by atoms with Crippen LogP contribution >= 0.6 is 11.6 Å². The summed E-state index contributed by atoms with van der Waals surface area (Å²) in [4.78, 5) is 0. The molecule has 4 nitrogen and oxygen atoms in total. The van der Waals surface area contributed by atoms with Crippen LogP contribution in [0, 0.1) is 13.8 Å². The molecule has 108 valence electrons. The maximum Gasteiger partial charge on any atom is 0.0596 e. The molecule has 0 radical (unpaired) electrons. The molecule has 0 fully saturated rings. The van der Waals surface area contributed by atoms with Gasteiger partial charge in [0.2, 0.25) is 0 Å². The van der Waals surface area contributed by atoms with Gasteiger partial charge in [-0.05, 0) is 50.1 Å². The normalized spacial score (nSPS) is 12.7. The first-order chi connectivity index (χ1) is 9.55. The van der Waals surface area contributed by atoms with Gasteiger partial charge in [0.25, 0.3) is 0 Å². The lowest BCUT2D eigenvalue weighted by molar-refractivity contribution is 0.515. The van der Waals surface area contributed by atoms with Crippen LogP contribution in [0.2, 0.25) is 5.02 Å². The Labute approximate surface area is 124 Å². The highest BCUT2D eigenvalue weighted by Gasteiger charge is 2.16. The summed E-state index contributed by atoms with van der Waals surface area (Å²) < 4.78 is 2.01. The third-order valence-corrected chi connectivity index (χ3v) is 3.75. The van der Waals surface area contributed by atoms with Crippen LogP contribution in [0.1, 0.15) is 35.5 Å². The summed E-state index contributed by atoms with van der Waals surface area (Å²) in [5, 5.41) is 5.20. The van der Waals surface area contributed by atoms with Gasteiger partial charge in [0.15, 0.2) is 0 Å². The van der Waals surface area contributed by atoms with E-state index in [1.165, 1.54) is 11.3 Å². The van der Waals surface area contributed by atoms with Crippen LogP contribution in [0.25, 0.3) is 0 Å². The molecule has 0 aliphatic rings. The van der Waals surface area contributed by atoms with Gasteiger partial charge in [-0.15, -0.1) is 0 Å². The van der Waals surface area contributed by atoms with Gasteiger partial charge in [0, 0.05) is 23.7 Å². The molecule has 0 bridgehead atoms. The van der Waals surface area contributed by atoms with Gasteiger partial charge in [-0.25, -0.2) is 0 Å². The second kappa shape index (κ2) is 6.39. The third-order valence-electron chi connectivity index (χ3n) is 3.52. The molecule has 2 rings (SSSR count). The van der Waals surface area contributed by atoms with Gasteiger partial charge in [0.1, 0.15) is 0 Å². The van der Waals surface area contributed by atoms with E-state index >= 15 is 0 Å². The molecule has 0 saturated heterocycles. The predicted octanol–water partition coefficient (Wildman–Crippen LogP) is 2.92. The molecule has 1 aromatic heterocycles. The van der Waals surface area contributed by atoms with Gasteiger partial charge in [0.05, 0.1) is 11.7 Å². The van der Waals surface area contributed by atoms with E-state index in [0.29, 0.717) is 0 Å². The van der Waals surface area contributed by atoms with Crippen LogP contribution in [-0.4, -0.2) is 9.78 Å². The smallest absolute Gasteiger partial charge is 0.0596 e. The van der Waals surface area contributed by atoms with E-state index in [2.05, 4.69) is 30.4 Å². The van der Waals surface area contributed by atoms with E-state index in [1.807, 2.05) is 29.8 Å². The van der Waals surface area contributed by atoms with Crippen LogP contribution in [0.15, 0.2) is 24.3 Å². The molecule has 0 aliphatic carbocycles. The van der Waals surface area contributed by atoms with E-state index in [4.69, 9.17) is 17.4 Å². The quantitative estimate of drug-likeness (QED) is 0.658. The second-order valence-corrected chi connectivity index (χ2v) is 5.45. The Morgan fingerprint density at radius 2 is 2.10 bits per heavy atom. The number of halogens is 1. The van der Waals surface area contributed by atoms with Crippen molar-refractivity contribution in [1.82, 2.24) is 15.2 Å². The van der Waals surface area contributed by atoms with Gasteiger partial charge >= 0.3 is 0 Å². The third kappa shape index (κ3) is 3.20. The fourth-order valence-corrected chi connectivity index (χ4v) is 2.67. The summed E-state index contributed by atoms with van der Waals surface area (Å²) >= 11 is 6.10. The van der Waals surface area contributed by atoms with Crippen molar-refractivity contribution in [3.63, 3.8) is 0 Å². The van der Waals surface area contributed by atoms with E-state index < -0.39 is 0 Å². The lowest BCUT2D eigenvalue weighted by Gasteiger charge is -2.19. The molecule has 1 heterocycles. The lowest BCUT2D eigenvalue weighted by atomic mass is 9.98. The number of hydrazine groups is 1. The number of nitrogens with zero attached hydrogens (tertiary/aromatic N) is 2. The molecule has 3 N–H and O–H groups in total. The summed E-state index contributed by atoms with van der Waals surface area (Å²) in [7, 11) is 0. The van der Waals surface area contributed by atoms with Crippen molar-refractivity contribution in [3.8, 4) is 0 Å². The number of rotatable bonds is 5. The first-order valence-electron chi connectivity index (χ1n) is 6.80. The number of nitrogens with two attached hydrogens (primary N) is 1. The fourth-order valence-electron chi connectivity index (χ4n) is 2.49. The Bertz CT molecular complexity index is 592. The number of aryl methyl sites for hydroxylation is 3. The van der Waals surface area contributed by atoms with Crippen molar-refractivity contribution in [2.45, 2.75) is 39.8 Å². The monoisotopic (exact) mass is 292 g/mol. The predicted molar refractivity (Wildman–Crippen MR) is 82.6 cm³/mol. The van der Waals surface area contributed by atoms with E-state index in [9.17, 15) is 0 Å². The minimum atomic E-state index is 0.0232. The molecule has 2 aromatic rings. The van der Waals surface area contributed by atoms with Crippen LogP contribution in [0.3, 0.4) is 0 Å². The van der Waals surface area contributed by atoms with Gasteiger partial charge in [-0.3, -0.25) is 16.0 Å². The van der Waals surface area contributed by atoms with E-state index in [0.717, 1.165) is 29.2 Å². The van der Waals surface area contributed by atoms with Crippen molar-refractivity contribution >= 4 is 11.6 Å². The Morgan fingerprint density at radius 3 is 2.75 bits per heavy atom. The Balaban J connectivity index is 2.30. The van der Waals surface area contributed by atoms with Crippen molar-refractivity contribution in [2.75, 3.05) is 0 Å². The molecule has 20 heavy (non-hydrogen) atoms. The summed E-state index contributed by atoms with van der Waals surface area (Å²) in [5.41, 5.74) is 7.40. The Morgan fingerprint density at radius 1 is 1.35 bits per heavy atom. The second-order valence-electron chi connectivity index (χ2n) is 5.02. The van der Waals surface area contributed by atoms with Crippen molar-refractivity contribution in [2.24, 2.45) is 5.84 Å². The van der Waals surface area contributed by atoms with Gasteiger partial charge < -0.3 is 0 Å². The zero-order valence-electron chi connectivity index (χ0n) is 12.2. The largest absolute Gasteiger partial charge is 0.271 e. The topological polar surface area (TPSA) is 55.9 Å². The summed E-state index contributed by atoms with van der Waals surface area (Å²) in [6, 6.07) is 8.02. The minimum Gasteiger partial charge on any atom is -0.271 e. The van der Waals surface area contributed by atoms with Crippen molar-refractivity contribution in [3.05, 3.63) is 51.8 Å². The van der Waals surface area contributed by atoms with E-state index in [-0.39, 0.29) is 6.04 Å². The highest BCUT2D eigenvalue weighted by molar-refractivity contribution is 6.30. The SMILES string of the molecule is CCn1nc(C)cc1CC(NN)c1cc(Cl)ccc1C. The Hall–Kier alpha value is -1.36. The molecule has 0 spiro atoms. The number of hydrogen-bond acceptors (Lipinski definition) is 3.